The van der Waals surface area contributed by atoms with Crippen LogP contribution in [0.3, 0.4) is 0 Å². The molecule has 2 amide bonds. The highest BCUT2D eigenvalue weighted by atomic mass is 16.5. The molecule has 0 aliphatic heterocycles. The van der Waals surface area contributed by atoms with Gasteiger partial charge in [-0.25, -0.2) is 0 Å². The van der Waals surface area contributed by atoms with Crippen LogP contribution in [0, 0.1) is 0 Å². The molecular formula is C17H17N3O3. The SMILES string of the molecule is C=CC(=O)Nc1ccc(C(=O)Nc2ccccc2OC)c(N)c1. The maximum Gasteiger partial charge on any atom is 0.257 e. The van der Waals surface area contributed by atoms with Gasteiger partial charge in [-0.1, -0.05) is 18.7 Å². The number of carbonyl (C=O) groups excluding carboxylic acids is 2. The number of benzene rings is 2. The number of rotatable bonds is 5. The van der Waals surface area contributed by atoms with E-state index in [4.69, 9.17) is 10.5 Å². The summed E-state index contributed by atoms with van der Waals surface area (Å²) in [6.07, 6.45) is 1.15. The number of nitrogens with one attached hydrogen (secondary N) is 2. The summed E-state index contributed by atoms with van der Waals surface area (Å²) >= 11 is 0. The minimum absolute atomic E-state index is 0.249. The average Bonchev–Trinajstić information content (AvgIpc) is 2.55. The quantitative estimate of drug-likeness (QED) is 0.584. The standard InChI is InChI=1S/C17H17N3O3/c1-3-16(21)19-11-8-9-12(13(18)10-11)17(22)20-14-6-4-5-7-15(14)23-2/h3-10H,1,18H2,2H3,(H,19,21)(H,20,22). The molecule has 0 spiro atoms. The number of ether oxygens (including phenoxy) is 1. The Labute approximate surface area is 133 Å². The van der Waals surface area contributed by atoms with Crippen LogP contribution in [0.1, 0.15) is 10.4 Å². The van der Waals surface area contributed by atoms with E-state index in [-0.39, 0.29) is 17.5 Å². The molecule has 0 heterocycles. The Kier molecular flexibility index (Phi) is 4.99. The van der Waals surface area contributed by atoms with E-state index in [0.29, 0.717) is 22.7 Å². The van der Waals surface area contributed by atoms with E-state index >= 15 is 0 Å². The van der Waals surface area contributed by atoms with Crippen LogP contribution in [0.2, 0.25) is 0 Å². The highest BCUT2D eigenvalue weighted by Crippen LogP contribution is 2.25. The Morgan fingerprint density at radius 1 is 1.17 bits per heavy atom. The lowest BCUT2D eigenvalue weighted by molar-refractivity contribution is -0.111. The Hall–Kier alpha value is -3.28. The molecule has 0 fully saturated rings. The van der Waals surface area contributed by atoms with Gasteiger partial charge >= 0.3 is 0 Å². The summed E-state index contributed by atoms with van der Waals surface area (Å²) in [4.78, 5) is 23.6. The summed E-state index contributed by atoms with van der Waals surface area (Å²) in [7, 11) is 1.52. The monoisotopic (exact) mass is 311 g/mol. The predicted molar refractivity (Wildman–Crippen MR) is 90.6 cm³/mol. The first-order valence-electron chi connectivity index (χ1n) is 6.82. The van der Waals surface area contributed by atoms with Crippen LogP contribution in [0.5, 0.6) is 5.75 Å². The first-order chi connectivity index (χ1) is 11.0. The Morgan fingerprint density at radius 2 is 1.91 bits per heavy atom. The minimum atomic E-state index is -0.367. The fourth-order valence-electron chi connectivity index (χ4n) is 1.98. The van der Waals surface area contributed by atoms with Crippen molar-refractivity contribution >= 4 is 28.9 Å². The van der Waals surface area contributed by atoms with Crippen molar-refractivity contribution < 1.29 is 14.3 Å². The highest BCUT2D eigenvalue weighted by molar-refractivity contribution is 6.09. The summed E-state index contributed by atoms with van der Waals surface area (Å²) in [5, 5.41) is 5.32. The molecule has 6 nitrogen and oxygen atoms in total. The lowest BCUT2D eigenvalue weighted by atomic mass is 10.1. The van der Waals surface area contributed by atoms with E-state index in [2.05, 4.69) is 17.2 Å². The third kappa shape index (κ3) is 3.88. The van der Waals surface area contributed by atoms with Crippen molar-refractivity contribution in [2.75, 3.05) is 23.5 Å². The van der Waals surface area contributed by atoms with Gasteiger partial charge in [0, 0.05) is 11.4 Å². The molecule has 0 aliphatic rings. The fourth-order valence-corrected chi connectivity index (χ4v) is 1.98. The van der Waals surface area contributed by atoms with Gasteiger partial charge in [0.25, 0.3) is 5.91 Å². The van der Waals surface area contributed by atoms with Gasteiger partial charge in [0.2, 0.25) is 5.91 Å². The summed E-state index contributed by atoms with van der Waals surface area (Å²) in [6, 6.07) is 11.7. The van der Waals surface area contributed by atoms with Gasteiger partial charge in [0.05, 0.1) is 18.4 Å². The normalized spacial score (nSPS) is 9.78. The predicted octanol–water partition coefficient (Wildman–Crippen LogP) is 2.65. The smallest absolute Gasteiger partial charge is 0.257 e. The van der Waals surface area contributed by atoms with Gasteiger partial charge in [-0.2, -0.15) is 0 Å². The molecule has 0 atom stereocenters. The van der Waals surface area contributed by atoms with Crippen molar-refractivity contribution in [2.24, 2.45) is 0 Å². The summed E-state index contributed by atoms with van der Waals surface area (Å²) in [5.74, 6) is -0.168. The summed E-state index contributed by atoms with van der Waals surface area (Å²) < 4.78 is 5.18. The van der Waals surface area contributed by atoms with Gasteiger partial charge in [-0.05, 0) is 36.4 Å². The van der Waals surface area contributed by atoms with Gasteiger partial charge < -0.3 is 21.1 Å². The van der Waals surface area contributed by atoms with Crippen molar-refractivity contribution in [1.29, 1.82) is 0 Å². The molecule has 0 bridgehead atoms. The second kappa shape index (κ2) is 7.13. The molecule has 4 N–H and O–H groups in total. The number of para-hydroxylation sites is 2. The topological polar surface area (TPSA) is 93.5 Å². The van der Waals surface area contributed by atoms with Crippen LogP contribution in [0.4, 0.5) is 17.1 Å². The number of amides is 2. The van der Waals surface area contributed by atoms with Crippen LogP contribution in [-0.2, 0) is 4.79 Å². The molecule has 0 unspecified atom stereocenters. The van der Waals surface area contributed by atoms with Gasteiger partial charge in [0.15, 0.2) is 0 Å². The maximum atomic E-state index is 12.3. The largest absolute Gasteiger partial charge is 0.495 e. The van der Waals surface area contributed by atoms with Crippen molar-refractivity contribution in [3.05, 3.63) is 60.7 Å². The maximum absolute atomic E-state index is 12.3. The van der Waals surface area contributed by atoms with Crippen molar-refractivity contribution in [3.8, 4) is 5.75 Å². The minimum Gasteiger partial charge on any atom is -0.495 e. The van der Waals surface area contributed by atoms with Gasteiger partial charge in [0.1, 0.15) is 5.75 Å². The number of nitrogens with two attached hydrogens (primary N) is 1. The van der Waals surface area contributed by atoms with Crippen LogP contribution in [0.15, 0.2) is 55.1 Å². The molecule has 0 aromatic heterocycles. The Balaban J connectivity index is 2.19. The molecule has 0 radical (unpaired) electrons. The lowest BCUT2D eigenvalue weighted by Crippen LogP contribution is -2.15. The fraction of sp³-hybridized carbons (Fsp3) is 0.0588. The van der Waals surface area contributed by atoms with E-state index in [9.17, 15) is 9.59 Å². The van der Waals surface area contributed by atoms with Crippen LogP contribution in [-0.4, -0.2) is 18.9 Å². The van der Waals surface area contributed by atoms with Crippen molar-refractivity contribution in [1.82, 2.24) is 0 Å². The zero-order chi connectivity index (χ0) is 16.8. The number of hydrogen-bond donors (Lipinski definition) is 3. The van der Waals surface area contributed by atoms with E-state index in [1.165, 1.54) is 13.2 Å². The van der Waals surface area contributed by atoms with E-state index in [1.807, 2.05) is 0 Å². The average molecular weight is 311 g/mol. The second-order valence-electron chi connectivity index (χ2n) is 4.65. The van der Waals surface area contributed by atoms with Gasteiger partial charge in [-0.3, -0.25) is 9.59 Å². The number of carbonyl (C=O) groups is 2. The van der Waals surface area contributed by atoms with E-state index in [0.717, 1.165) is 6.08 Å². The molecular weight excluding hydrogens is 294 g/mol. The zero-order valence-corrected chi connectivity index (χ0v) is 12.6. The highest BCUT2D eigenvalue weighted by Gasteiger charge is 2.13. The first-order valence-corrected chi connectivity index (χ1v) is 6.82. The second-order valence-corrected chi connectivity index (χ2v) is 4.65. The van der Waals surface area contributed by atoms with Crippen LogP contribution < -0.4 is 21.1 Å². The summed E-state index contributed by atoms with van der Waals surface area (Å²) in [6.45, 7) is 3.37. The number of methoxy groups -OCH3 is 1. The molecule has 6 heteroatoms. The molecule has 118 valence electrons. The lowest BCUT2D eigenvalue weighted by Gasteiger charge is -2.12. The van der Waals surface area contributed by atoms with E-state index < -0.39 is 0 Å². The van der Waals surface area contributed by atoms with Crippen LogP contribution in [0.25, 0.3) is 0 Å². The number of nitrogen functional groups attached to an aromatic ring is 1. The van der Waals surface area contributed by atoms with Crippen molar-refractivity contribution in [3.63, 3.8) is 0 Å². The number of anilines is 3. The molecule has 2 aromatic rings. The van der Waals surface area contributed by atoms with Crippen LogP contribution >= 0.6 is 0 Å². The molecule has 2 aromatic carbocycles. The van der Waals surface area contributed by atoms with Gasteiger partial charge in [-0.15, -0.1) is 0 Å². The zero-order valence-electron chi connectivity index (χ0n) is 12.6. The third-order valence-electron chi connectivity index (χ3n) is 3.10. The Bertz CT molecular complexity index is 756. The van der Waals surface area contributed by atoms with E-state index in [1.54, 1.807) is 36.4 Å². The number of hydrogen-bond acceptors (Lipinski definition) is 4. The van der Waals surface area contributed by atoms with Crippen molar-refractivity contribution in [2.45, 2.75) is 0 Å². The molecule has 0 aliphatic carbocycles. The molecule has 2 rings (SSSR count). The Morgan fingerprint density at radius 3 is 2.57 bits per heavy atom. The summed E-state index contributed by atoms with van der Waals surface area (Å²) in [5.41, 5.74) is 7.47. The first kappa shape index (κ1) is 16.1. The molecule has 23 heavy (non-hydrogen) atoms. The molecule has 0 saturated heterocycles. The molecule has 0 saturated carbocycles. The third-order valence-corrected chi connectivity index (χ3v) is 3.10.